The van der Waals surface area contributed by atoms with Gasteiger partial charge in [0.1, 0.15) is 0 Å². The van der Waals surface area contributed by atoms with E-state index in [9.17, 15) is 18.4 Å². The van der Waals surface area contributed by atoms with Crippen molar-refractivity contribution in [1.82, 2.24) is 9.13 Å². The van der Waals surface area contributed by atoms with E-state index in [2.05, 4.69) is 171 Å². The van der Waals surface area contributed by atoms with Crippen molar-refractivity contribution >= 4 is 43.6 Å². The molecule has 0 aliphatic heterocycles. The Morgan fingerprint density at radius 3 is 1.07 bits per heavy atom. The fraction of sp³-hybridized carbons (Fsp3) is 0.315. The van der Waals surface area contributed by atoms with E-state index in [0.29, 0.717) is 28.1 Å². The highest BCUT2D eigenvalue weighted by molar-refractivity contribution is 6.12. The van der Waals surface area contributed by atoms with Crippen molar-refractivity contribution in [2.24, 2.45) is 0 Å². The van der Waals surface area contributed by atoms with Crippen LogP contribution in [0.3, 0.4) is 0 Å². The number of nitrogens with zero attached hydrogens (tertiary/aromatic N) is 3. The zero-order valence-electron chi connectivity index (χ0n) is 36.9. The van der Waals surface area contributed by atoms with Crippen LogP contribution in [0.15, 0.2) is 109 Å². The van der Waals surface area contributed by atoms with Gasteiger partial charge in [-0.2, -0.15) is 18.4 Å². The van der Waals surface area contributed by atoms with E-state index < -0.39 is 11.7 Å². The molecule has 8 aromatic rings. The van der Waals surface area contributed by atoms with Crippen LogP contribution >= 0.6 is 0 Å². The lowest BCUT2D eigenvalue weighted by atomic mass is 9.85. The van der Waals surface area contributed by atoms with E-state index in [-0.39, 0.29) is 21.7 Å². The topological polar surface area (TPSA) is 33.6 Å². The predicted molar refractivity (Wildman–Crippen MR) is 245 cm³/mol. The molecule has 0 atom stereocenters. The Hall–Kier alpha value is -5.80. The third-order valence-corrected chi connectivity index (χ3v) is 12.2. The van der Waals surface area contributed by atoms with Gasteiger partial charge in [0.25, 0.3) is 0 Å². The summed E-state index contributed by atoms with van der Waals surface area (Å²) in [5.74, 6) is 0. The number of rotatable bonds is 3. The lowest BCUT2D eigenvalue weighted by Gasteiger charge is -2.22. The zero-order chi connectivity index (χ0) is 43.5. The van der Waals surface area contributed by atoms with E-state index in [1.807, 2.05) is 12.1 Å². The summed E-state index contributed by atoms with van der Waals surface area (Å²) in [7, 11) is 0. The minimum atomic E-state index is -4.59. The monoisotopic (exact) mass is 801 g/mol. The number of aromatic nitrogens is 2. The minimum absolute atomic E-state index is 0.118. The van der Waals surface area contributed by atoms with E-state index in [4.69, 9.17) is 0 Å². The molecular weight excluding hydrogens is 748 g/mol. The third-order valence-electron chi connectivity index (χ3n) is 12.2. The summed E-state index contributed by atoms with van der Waals surface area (Å²) in [6, 6.07) is 37.8. The first-order valence-corrected chi connectivity index (χ1v) is 20.8. The summed E-state index contributed by atoms with van der Waals surface area (Å²) in [4.78, 5) is 0. The van der Waals surface area contributed by atoms with Crippen LogP contribution in [-0.4, -0.2) is 9.13 Å². The van der Waals surface area contributed by atoms with Gasteiger partial charge in [0.2, 0.25) is 0 Å². The summed E-state index contributed by atoms with van der Waals surface area (Å²) < 4.78 is 49.0. The molecule has 6 aromatic carbocycles. The van der Waals surface area contributed by atoms with Gasteiger partial charge in [0, 0.05) is 32.7 Å². The van der Waals surface area contributed by atoms with Crippen molar-refractivity contribution in [3.63, 3.8) is 0 Å². The van der Waals surface area contributed by atoms with Gasteiger partial charge in [-0.1, -0.05) is 113 Å². The molecular formula is C54H54F3N3. The molecule has 0 N–H and O–H groups in total. The third kappa shape index (κ3) is 6.96. The van der Waals surface area contributed by atoms with Crippen LogP contribution in [0.1, 0.15) is 116 Å². The highest BCUT2D eigenvalue weighted by atomic mass is 19.4. The second-order valence-corrected chi connectivity index (χ2v) is 20.7. The average molecular weight is 802 g/mol. The number of alkyl halides is 3. The molecule has 0 amide bonds. The molecule has 0 bridgehead atoms. The highest BCUT2D eigenvalue weighted by Crippen LogP contribution is 2.45. The number of hydrogen-bond donors (Lipinski definition) is 0. The number of hydrogen-bond acceptors (Lipinski definition) is 1. The molecule has 0 aliphatic carbocycles. The van der Waals surface area contributed by atoms with E-state index in [1.165, 1.54) is 34.4 Å². The van der Waals surface area contributed by atoms with Crippen LogP contribution in [0.2, 0.25) is 0 Å². The second-order valence-electron chi connectivity index (χ2n) is 20.7. The fourth-order valence-electron chi connectivity index (χ4n) is 8.57. The van der Waals surface area contributed by atoms with Crippen molar-refractivity contribution in [3.05, 3.63) is 143 Å². The van der Waals surface area contributed by atoms with Crippen molar-refractivity contribution in [3.8, 4) is 28.6 Å². The maximum absolute atomic E-state index is 14.9. The second kappa shape index (κ2) is 13.6. The summed E-state index contributed by atoms with van der Waals surface area (Å²) in [5, 5.41) is 14.5. The summed E-state index contributed by atoms with van der Waals surface area (Å²) in [6.45, 7) is 26.3. The maximum atomic E-state index is 14.9. The molecule has 0 fully saturated rings. The van der Waals surface area contributed by atoms with Crippen molar-refractivity contribution < 1.29 is 13.2 Å². The Morgan fingerprint density at radius 2 is 0.733 bits per heavy atom. The molecule has 0 saturated heterocycles. The molecule has 0 radical (unpaired) electrons. The van der Waals surface area contributed by atoms with Crippen LogP contribution in [0, 0.1) is 11.3 Å². The van der Waals surface area contributed by atoms with Crippen LogP contribution in [-0.2, 0) is 27.8 Å². The molecule has 2 aromatic heterocycles. The molecule has 0 saturated carbocycles. The van der Waals surface area contributed by atoms with Gasteiger partial charge in [-0.25, -0.2) is 0 Å². The van der Waals surface area contributed by atoms with E-state index in [1.54, 1.807) is 12.1 Å². The SMILES string of the molecule is CC(C)(C)c1ccc2c(c1)c1cc(C(C)(C)C)ccc1n2-c1ccc(C(F)(F)F)cc1-c1ccc(C#N)cc1-n1c2ccc(C(C)(C)C)cc2c2cc(C(C)(C)C)ccc21. The normalized spacial score (nSPS) is 13.2. The molecule has 0 aliphatic rings. The molecule has 3 nitrogen and oxygen atoms in total. The fourth-order valence-corrected chi connectivity index (χ4v) is 8.57. The van der Waals surface area contributed by atoms with Gasteiger partial charge >= 0.3 is 6.18 Å². The van der Waals surface area contributed by atoms with E-state index >= 15 is 0 Å². The first kappa shape index (κ1) is 41.0. The maximum Gasteiger partial charge on any atom is 0.416 e. The summed E-state index contributed by atoms with van der Waals surface area (Å²) in [6.07, 6.45) is -4.59. The van der Waals surface area contributed by atoms with E-state index in [0.717, 1.165) is 43.6 Å². The van der Waals surface area contributed by atoms with Crippen LogP contribution < -0.4 is 0 Å². The molecule has 8 rings (SSSR count). The molecule has 2 heterocycles. The number of nitriles is 1. The van der Waals surface area contributed by atoms with Crippen LogP contribution in [0.5, 0.6) is 0 Å². The van der Waals surface area contributed by atoms with Gasteiger partial charge in [0.15, 0.2) is 0 Å². The Kier molecular flexibility index (Phi) is 9.29. The van der Waals surface area contributed by atoms with Crippen LogP contribution in [0.4, 0.5) is 13.2 Å². The Labute approximate surface area is 352 Å². The van der Waals surface area contributed by atoms with Crippen molar-refractivity contribution in [2.75, 3.05) is 0 Å². The molecule has 0 spiro atoms. The average Bonchev–Trinajstić information content (AvgIpc) is 3.67. The molecule has 6 heteroatoms. The molecule has 0 unspecified atom stereocenters. The largest absolute Gasteiger partial charge is 0.416 e. The quantitative estimate of drug-likeness (QED) is 0.175. The number of fused-ring (bicyclic) bond motifs is 6. The Balaban J connectivity index is 1.52. The first-order valence-electron chi connectivity index (χ1n) is 20.8. The smallest absolute Gasteiger partial charge is 0.309 e. The number of benzene rings is 6. The Morgan fingerprint density at radius 1 is 0.383 bits per heavy atom. The van der Waals surface area contributed by atoms with Crippen molar-refractivity contribution in [1.29, 1.82) is 5.26 Å². The highest BCUT2D eigenvalue weighted by Gasteiger charge is 2.33. The van der Waals surface area contributed by atoms with Gasteiger partial charge in [0.05, 0.1) is 50.6 Å². The standard InChI is InChI=1S/C54H54F3N3/c1-50(2,3)33-14-20-45-40(26-33)41-27-34(51(4,5)6)15-21-46(41)59(45)44-24-18-37(54(55,56)57)30-39(44)38-19-13-32(31-58)25-49(38)60-47-22-16-35(52(7,8)9)28-42(47)43-29-36(53(10,11)12)17-23-48(43)60/h13-30H,1-12H3. The summed E-state index contributed by atoms with van der Waals surface area (Å²) >= 11 is 0. The Bertz CT molecular complexity index is 2920. The van der Waals surface area contributed by atoms with Gasteiger partial charge < -0.3 is 9.13 Å². The minimum Gasteiger partial charge on any atom is -0.309 e. The lowest BCUT2D eigenvalue weighted by molar-refractivity contribution is -0.137. The zero-order valence-corrected chi connectivity index (χ0v) is 36.9. The molecule has 60 heavy (non-hydrogen) atoms. The molecule has 306 valence electrons. The van der Waals surface area contributed by atoms with Gasteiger partial charge in [-0.05, 0) is 123 Å². The first-order chi connectivity index (χ1) is 27.9. The number of halogens is 3. The predicted octanol–water partition coefficient (Wildman–Crippen LogP) is 15.6. The summed E-state index contributed by atoms with van der Waals surface area (Å²) in [5.41, 5.74) is 9.78. The van der Waals surface area contributed by atoms with Crippen molar-refractivity contribution in [2.45, 2.75) is 111 Å². The lowest BCUT2D eigenvalue weighted by Crippen LogP contribution is -2.11. The van der Waals surface area contributed by atoms with Crippen LogP contribution in [0.25, 0.3) is 66.1 Å². The van der Waals surface area contributed by atoms with Gasteiger partial charge in [-0.15, -0.1) is 0 Å². The van der Waals surface area contributed by atoms with Gasteiger partial charge in [-0.3, -0.25) is 0 Å².